The molecule has 2 aromatic carbocycles. The molecule has 0 fully saturated rings. The minimum Gasteiger partial charge on any atom is -0.423 e. The maximum atomic E-state index is 4.48. The molecule has 4 aromatic rings. The third kappa shape index (κ3) is 2.47. The molecule has 0 aliphatic heterocycles. The molecule has 3 nitrogen and oxygen atoms in total. The standard InChI is InChI=1S/C18H11N3.Ir/c1-3-7-14(8-4-1)16-13-21(15-9-5-2-6-10-15)18-17(16)19-11-12-20-18;/h1-9,11-12H;/q-2;. The number of nitrogens with zero attached hydrogens (tertiary/aromatic N) is 3. The number of benzene rings is 2. The molecular formula is C18H11IrN3-2. The molecule has 2 heterocycles. The predicted octanol–water partition coefficient (Wildman–Crippen LogP) is 3.69. The van der Waals surface area contributed by atoms with E-state index >= 15 is 0 Å². The molecule has 0 bridgehead atoms. The van der Waals surface area contributed by atoms with E-state index in [1.54, 1.807) is 12.4 Å². The molecule has 0 saturated heterocycles. The fourth-order valence-electron chi connectivity index (χ4n) is 2.39. The topological polar surface area (TPSA) is 30.7 Å². The van der Waals surface area contributed by atoms with Crippen LogP contribution in [0.3, 0.4) is 0 Å². The van der Waals surface area contributed by atoms with E-state index in [0.717, 1.165) is 28.0 Å². The number of hydrogen-bond acceptors (Lipinski definition) is 2. The van der Waals surface area contributed by atoms with Gasteiger partial charge in [-0.1, -0.05) is 41.5 Å². The number of aromatic nitrogens is 3. The van der Waals surface area contributed by atoms with Gasteiger partial charge in [-0.2, -0.15) is 24.3 Å². The first-order chi connectivity index (χ1) is 10.4. The predicted molar refractivity (Wildman–Crippen MR) is 82.0 cm³/mol. The maximum absolute atomic E-state index is 4.48. The molecule has 0 saturated carbocycles. The summed E-state index contributed by atoms with van der Waals surface area (Å²) in [5.74, 6) is 0. The van der Waals surface area contributed by atoms with Gasteiger partial charge < -0.3 is 4.57 Å². The third-order valence-corrected chi connectivity index (χ3v) is 3.35. The molecule has 1 radical (unpaired) electrons. The molecule has 0 aliphatic carbocycles. The second kappa shape index (κ2) is 6.22. The Kier molecular flexibility index (Phi) is 4.14. The second-order valence-corrected chi connectivity index (χ2v) is 4.66. The zero-order chi connectivity index (χ0) is 14.1. The Morgan fingerprint density at radius 2 is 1.64 bits per heavy atom. The van der Waals surface area contributed by atoms with Gasteiger partial charge in [0, 0.05) is 38.0 Å². The van der Waals surface area contributed by atoms with E-state index in [9.17, 15) is 0 Å². The monoisotopic (exact) mass is 462 g/mol. The van der Waals surface area contributed by atoms with Crippen LogP contribution in [0.4, 0.5) is 0 Å². The van der Waals surface area contributed by atoms with Crippen LogP contribution in [0.15, 0.2) is 67.0 Å². The van der Waals surface area contributed by atoms with Crippen molar-refractivity contribution in [3.63, 3.8) is 0 Å². The van der Waals surface area contributed by atoms with Gasteiger partial charge in [-0.25, -0.2) is 6.07 Å². The summed E-state index contributed by atoms with van der Waals surface area (Å²) in [6.07, 6.45) is 6.79. The van der Waals surface area contributed by atoms with Crippen LogP contribution in [-0.4, -0.2) is 14.5 Å². The van der Waals surface area contributed by atoms with Crippen molar-refractivity contribution in [1.82, 2.24) is 14.5 Å². The van der Waals surface area contributed by atoms with Crippen LogP contribution in [0.5, 0.6) is 0 Å². The molecular weight excluding hydrogens is 450 g/mol. The van der Waals surface area contributed by atoms with Gasteiger partial charge >= 0.3 is 0 Å². The van der Waals surface area contributed by atoms with E-state index in [2.05, 4.69) is 34.4 Å². The SMILES string of the molecule is [Ir].[c-]1ccccc1-n1[c-]c(-c2ccccc2)c2nccnc21. The third-order valence-electron chi connectivity index (χ3n) is 3.35. The van der Waals surface area contributed by atoms with Crippen LogP contribution in [0.25, 0.3) is 28.0 Å². The Balaban J connectivity index is 0.00000144. The normalized spacial score (nSPS) is 10.4. The van der Waals surface area contributed by atoms with Gasteiger partial charge in [0.1, 0.15) is 0 Å². The van der Waals surface area contributed by atoms with Crippen molar-refractivity contribution >= 4 is 11.2 Å². The Labute approximate surface area is 142 Å². The van der Waals surface area contributed by atoms with E-state index in [-0.39, 0.29) is 20.1 Å². The van der Waals surface area contributed by atoms with Gasteiger partial charge in [0.25, 0.3) is 0 Å². The second-order valence-electron chi connectivity index (χ2n) is 4.66. The van der Waals surface area contributed by atoms with Crippen molar-refractivity contribution in [2.75, 3.05) is 0 Å². The van der Waals surface area contributed by atoms with Gasteiger partial charge in [0.05, 0.1) is 5.65 Å². The number of hydrogen-bond donors (Lipinski definition) is 0. The summed E-state index contributed by atoms with van der Waals surface area (Å²) in [6.45, 7) is 0. The summed E-state index contributed by atoms with van der Waals surface area (Å²) in [5, 5.41) is 0. The van der Waals surface area contributed by atoms with Crippen molar-refractivity contribution in [2.45, 2.75) is 0 Å². The van der Waals surface area contributed by atoms with Gasteiger partial charge in [-0.15, -0.1) is 5.69 Å². The average Bonchev–Trinajstić information content (AvgIpc) is 2.96. The number of fused-ring (bicyclic) bond motifs is 1. The summed E-state index contributed by atoms with van der Waals surface area (Å²) in [5.41, 5.74) is 4.58. The van der Waals surface area contributed by atoms with E-state index in [1.165, 1.54) is 0 Å². The molecule has 0 spiro atoms. The Hall–Kier alpha value is -2.29. The van der Waals surface area contributed by atoms with Gasteiger partial charge in [0.15, 0.2) is 0 Å². The molecule has 0 atom stereocenters. The van der Waals surface area contributed by atoms with Crippen molar-refractivity contribution in [1.29, 1.82) is 0 Å². The molecule has 0 amide bonds. The molecule has 4 heteroatoms. The van der Waals surface area contributed by atoms with Crippen LogP contribution in [0.1, 0.15) is 0 Å². The average molecular weight is 462 g/mol. The Bertz CT molecular complexity index is 813. The zero-order valence-corrected chi connectivity index (χ0v) is 13.9. The summed E-state index contributed by atoms with van der Waals surface area (Å²) < 4.78 is 1.91. The van der Waals surface area contributed by atoms with E-state index in [1.807, 2.05) is 47.0 Å². The van der Waals surface area contributed by atoms with Crippen LogP contribution in [0.2, 0.25) is 0 Å². The van der Waals surface area contributed by atoms with Crippen LogP contribution < -0.4 is 0 Å². The molecule has 109 valence electrons. The Morgan fingerprint density at radius 3 is 2.41 bits per heavy atom. The summed E-state index contributed by atoms with van der Waals surface area (Å²) in [4.78, 5) is 8.93. The molecule has 0 N–H and O–H groups in total. The molecule has 22 heavy (non-hydrogen) atoms. The minimum atomic E-state index is 0. The summed E-state index contributed by atoms with van der Waals surface area (Å²) in [6, 6.07) is 21.1. The van der Waals surface area contributed by atoms with Crippen molar-refractivity contribution in [3.05, 3.63) is 79.3 Å². The molecule has 0 aliphatic rings. The van der Waals surface area contributed by atoms with Gasteiger partial charge in [-0.05, 0) is 6.20 Å². The van der Waals surface area contributed by atoms with Crippen LogP contribution >= 0.6 is 0 Å². The van der Waals surface area contributed by atoms with E-state index in [0.29, 0.717) is 0 Å². The summed E-state index contributed by atoms with van der Waals surface area (Å²) >= 11 is 0. The van der Waals surface area contributed by atoms with E-state index < -0.39 is 0 Å². The number of para-hydroxylation sites is 1. The molecule has 4 rings (SSSR count). The fraction of sp³-hybridized carbons (Fsp3) is 0. The van der Waals surface area contributed by atoms with E-state index in [4.69, 9.17) is 0 Å². The zero-order valence-electron chi connectivity index (χ0n) is 11.5. The smallest absolute Gasteiger partial charge is 0.0616 e. The number of rotatable bonds is 2. The minimum absolute atomic E-state index is 0. The molecule has 2 aromatic heterocycles. The first-order valence-electron chi connectivity index (χ1n) is 6.71. The van der Waals surface area contributed by atoms with Crippen molar-refractivity contribution in [3.8, 4) is 16.8 Å². The first kappa shape index (κ1) is 14.6. The van der Waals surface area contributed by atoms with Crippen LogP contribution in [0, 0.1) is 12.3 Å². The maximum Gasteiger partial charge on any atom is 0.0616 e. The Morgan fingerprint density at radius 1 is 0.864 bits per heavy atom. The van der Waals surface area contributed by atoms with Crippen molar-refractivity contribution < 1.29 is 20.1 Å². The first-order valence-corrected chi connectivity index (χ1v) is 6.71. The summed E-state index contributed by atoms with van der Waals surface area (Å²) in [7, 11) is 0. The largest absolute Gasteiger partial charge is 0.423 e. The van der Waals surface area contributed by atoms with Gasteiger partial charge in [-0.3, -0.25) is 9.97 Å². The molecule has 0 unspecified atom stereocenters. The van der Waals surface area contributed by atoms with Crippen molar-refractivity contribution in [2.24, 2.45) is 0 Å². The fourth-order valence-corrected chi connectivity index (χ4v) is 2.39. The van der Waals surface area contributed by atoms with Crippen LogP contribution in [-0.2, 0) is 20.1 Å². The quantitative estimate of drug-likeness (QED) is 0.427. The van der Waals surface area contributed by atoms with Gasteiger partial charge in [0.2, 0.25) is 0 Å².